The Morgan fingerprint density at radius 3 is 2.66 bits per heavy atom. The van der Waals surface area contributed by atoms with Crippen LogP contribution in [-0.4, -0.2) is 25.7 Å². The van der Waals surface area contributed by atoms with Gasteiger partial charge in [-0.3, -0.25) is 14.2 Å². The van der Waals surface area contributed by atoms with Crippen molar-refractivity contribution in [2.75, 3.05) is 5.32 Å². The summed E-state index contributed by atoms with van der Waals surface area (Å²) in [6.07, 6.45) is 2.44. The van der Waals surface area contributed by atoms with Crippen LogP contribution in [0.4, 0.5) is 15.8 Å². The minimum Gasteiger partial charge on any atom is -0.501 e. The molecule has 2 aromatic carbocycles. The van der Waals surface area contributed by atoms with Crippen molar-refractivity contribution in [3.05, 3.63) is 111 Å². The maximum atomic E-state index is 13.9. The van der Waals surface area contributed by atoms with Gasteiger partial charge in [-0.15, -0.1) is 0 Å². The summed E-state index contributed by atoms with van der Waals surface area (Å²) in [5.74, 6) is -3.06. The number of aromatic hydroxyl groups is 1. The average Bonchev–Trinajstić information content (AvgIpc) is 3.37. The zero-order chi connectivity index (χ0) is 25.1. The van der Waals surface area contributed by atoms with Gasteiger partial charge in [-0.25, -0.2) is 14.2 Å². The molecule has 0 aliphatic rings. The number of carbonyl (C=O) groups excluding carboxylic acids is 1. The lowest BCUT2D eigenvalue weighted by atomic mass is 9.80. The largest absolute Gasteiger partial charge is 0.501 e. The lowest BCUT2D eigenvalue weighted by Gasteiger charge is -2.27. The quantitative estimate of drug-likeness (QED) is 0.403. The summed E-state index contributed by atoms with van der Waals surface area (Å²) >= 11 is 0. The molecule has 0 bridgehead atoms. The monoisotopic (exact) mass is 473 g/mol. The number of nitrogens with zero attached hydrogens (tertiary/aromatic N) is 4. The molecular formula is C25H20FN5O4. The summed E-state index contributed by atoms with van der Waals surface area (Å²) in [5.41, 5.74) is 0.412. The Kier molecular flexibility index (Phi) is 6.42. The van der Waals surface area contributed by atoms with Crippen LogP contribution in [0.1, 0.15) is 46.2 Å². The lowest BCUT2D eigenvalue weighted by Crippen LogP contribution is -2.29. The number of rotatable bonds is 6. The van der Waals surface area contributed by atoms with E-state index in [1.165, 1.54) is 31.6 Å². The van der Waals surface area contributed by atoms with E-state index in [0.29, 0.717) is 5.56 Å². The van der Waals surface area contributed by atoms with Crippen LogP contribution < -0.4 is 10.9 Å². The van der Waals surface area contributed by atoms with Crippen LogP contribution in [-0.2, 0) is 7.05 Å². The van der Waals surface area contributed by atoms with Crippen LogP contribution in [0, 0.1) is 12.4 Å². The van der Waals surface area contributed by atoms with Gasteiger partial charge in [0.15, 0.2) is 11.4 Å². The van der Waals surface area contributed by atoms with Crippen molar-refractivity contribution in [3.8, 4) is 5.75 Å². The second kappa shape index (κ2) is 9.61. The molecule has 0 aliphatic carbocycles. The number of anilines is 1. The van der Waals surface area contributed by atoms with E-state index in [2.05, 4.69) is 24.8 Å². The number of halogens is 1. The molecule has 0 saturated heterocycles. The van der Waals surface area contributed by atoms with Crippen molar-refractivity contribution < 1.29 is 18.8 Å². The highest BCUT2D eigenvalue weighted by atomic mass is 19.1. The van der Waals surface area contributed by atoms with Crippen molar-refractivity contribution in [1.82, 2.24) is 14.7 Å². The van der Waals surface area contributed by atoms with E-state index in [0.717, 1.165) is 16.2 Å². The molecule has 2 atom stereocenters. The zero-order valence-electron chi connectivity index (χ0n) is 18.8. The lowest BCUT2D eigenvalue weighted by molar-refractivity contribution is 0.101. The Hall–Kier alpha value is -4.78. The van der Waals surface area contributed by atoms with Gasteiger partial charge in [-0.1, -0.05) is 48.5 Å². The van der Waals surface area contributed by atoms with Crippen LogP contribution in [0.3, 0.4) is 0 Å². The normalized spacial score (nSPS) is 12.5. The molecule has 176 valence electrons. The number of aromatic nitrogens is 3. The third-order valence-electron chi connectivity index (χ3n) is 5.72. The smallest absolute Gasteiger partial charge is 0.296 e. The molecule has 4 aromatic rings. The third-order valence-corrected chi connectivity index (χ3v) is 5.72. The van der Waals surface area contributed by atoms with Crippen LogP contribution in [0.15, 0.2) is 70.3 Å². The third kappa shape index (κ3) is 4.52. The molecule has 4 rings (SSSR count). The first-order valence-corrected chi connectivity index (χ1v) is 10.5. The molecule has 2 aromatic heterocycles. The average molecular weight is 473 g/mol. The molecular weight excluding hydrogens is 453 g/mol. The minimum absolute atomic E-state index is 0.125. The summed E-state index contributed by atoms with van der Waals surface area (Å²) in [4.78, 5) is 33.5. The summed E-state index contributed by atoms with van der Waals surface area (Å²) in [5, 5.41) is 16.3. The standard InChI is InChI=1S/C25H20FN5O4/c1-14(20(15-7-5-4-6-8-15)18-10-9-16(26)11-19(18)27-2)23-30-21(22(32)25(34)31(23)3)24(33)29-17-12-28-35-13-17/h4-14,20,32H,1,3H3,(H,29,33)/t14-,20-/m1/s1. The Morgan fingerprint density at radius 2 is 2.00 bits per heavy atom. The van der Waals surface area contributed by atoms with Gasteiger partial charge in [-0.05, 0) is 23.3 Å². The first-order valence-electron chi connectivity index (χ1n) is 10.5. The molecule has 0 unspecified atom stereocenters. The molecule has 0 radical (unpaired) electrons. The number of hydrogen-bond acceptors (Lipinski definition) is 6. The zero-order valence-corrected chi connectivity index (χ0v) is 18.8. The van der Waals surface area contributed by atoms with Crippen LogP contribution in [0.2, 0.25) is 0 Å². The van der Waals surface area contributed by atoms with Crippen molar-refractivity contribution in [2.24, 2.45) is 7.05 Å². The second-order valence-corrected chi connectivity index (χ2v) is 7.89. The fourth-order valence-corrected chi connectivity index (χ4v) is 4.05. The van der Waals surface area contributed by atoms with E-state index in [4.69, 9.17) is 6.57 Å². The highest BCUT2D eigenvalue weighted by Gasteiger charge is 2.30. The van der Waals surface area contributed by atoms with Crippen LogP contribution in [0.5, 0.6) is 5.75 Å². The topological polar surface area (TPSA) is 115 Å². The van der Waals surface area contributed by atoms with E-state index < -0.39 is 40.6 Å². The van der Waals surface area contributed by atoms with Gasteiger partial charge in [0, 0.05) is 18.9 Å². The molecule has 0 spiro atoms. The Morgan fingerprint density at radius 1 is 1.26 bits per heavy atom. The van der Waals surface area contributed by atoms with Crippen LogP contribution >= 0.6 is 0 Å². The van der Waals surface area contributed by atoms with Gasteiger partial charge in [0.05, 0.1) is 12.8 Å². The molecule has 2 heterocycles. The van der Waals surface area contributed by atoms with E-state index in [9.17, 15) is 19.1 Å². The van der Waals surface area contributed by atoms with Gasteiger partial charge in [0.25, 0.3) is 11.5 Å². The molecule has 10 heteroatoms. The molecule has 1 amide bonds. The SMILES string of the molecule is [C-]#[N+]c1cc(F)ccc1[C@@H](c1ccccc1)[C@@H](C)c1nc(C(=O)Nc2cnoc2)c(O)c(=O)n1C. The summed E-state index contributed by atoms with van der Waals surface area (Å²) < 4.78 is 19.7. The highest BCUT2D eigenvalue weighted by Crippen LogP contribution is 2.41. The number of nitrogens with one attached hydrogen (secondary N) is 1. The Balaban J connectivity index is 1.87. The Bertz CT molecular complexity index is 1480. The number of benzene rings is 2. The number of hydrogen-bond donors (Lipinski definition) is 2. The van der Waals surface area contributed by atoms with Gasteiger partial charge in [0.1, 0.15) is 23.6 Å². The summed E-state index contributed by atoms with van der Waals surface area (Å²) in [6.45, 7) is 9.35. The van der Waals surface area contributed by atoms with Gasteiger partial charge in [-0.2, -0.15) is 0 Å². The first-order chi connectivity index (χ1) is 16.8. The van der Waals surface area contributed by atoms with E-state index in [1.54, 1.807) is 6.92 Å². The summed E-state index contributed by atoms with van der Waals surface area (Å²) in [6, 6.07) is 13.2. The predicted molar refractivity (Wildman–Crippen MR) is 125 cm³/mol. The molecule has 2 N–H and O–H groups in total. The molecule has 0 saturated carbocycles. The second-order valence-electron chi connectivity index (χ2n) is 7.89. The molecule has 35 heavy (non-hydrogen) atoms. The molecule has 0 fully saturated rings. The number of amides is 1. The highest BCUT2D eigenvalue weighted by molar-refractivity contribution is 6.04. The first kappa shape index (κ1) is 23.4. The molecule has 9 nitrogen and oxygen atoms in total. The molecule has 0 aliphatic heterocycles. The van der Waals surface area contributed by atoms with Gasteiger partial charge < -0.3 is 14.9 Å². The fraction of sp³-hybridized carbons (Fsp3) is 0.160. The van der Waals surface area contributed by atoms with Gasteiger partial charge in [0.2, 0.25) is 5.75 Å². The van der Waals surface area contributed by atoms with Crippen LogP contribution in [0.25, 0.3) is 4.85 Å². The Labute approximate surface area is 199 Å². The van der Waals surface area contributed by atoms with Gasteiger partial charge >= 0.3 is 0 Å². The van der Waals surface area contributed by atoms with E-state index in [1.807, 2.05) is 30.3 Å². The summed E-state index contributed by atoms with van der Waals surface area (Å²) in [7, 11) is 1.44. The van der Waals surface area contributed by atoms with Crippen molar-refractivity contribution >= 4 is 17.3 Å². The van der Waals surface area contributed by atoms with Crippen molar-refractivity contribution in [3.63, 3.8) is 0 Å². The van der Waals surface area contributed by atoms with Crippen molar-refractivity contribution in [2.45, 2.75) is 18.8 Å². The van der Waals surface area contributed by atoms with E-state index in [-0.39, 0.29) is 17.2 Å². The van der Waals surface area contributed by atoms with Crippen molar-refractivity contribution in [1.29, 1.82) is 0 Å². The fourth-order valence-electron chi connectivity index (χ4n) is 4.05. The maximum absolute atomic E-state index is 13.9. The maximum Gasteiger partial charge on any atom is 0.296 e. The van der Waals surface area contributed by atoms with E-state index >= 15 is 0 Å². The minimum atomic E-state index is -0.822. The predicted octanol–water partition coefficient (Wildman–Crippen LogP) is 4.35. The number of carbonyl (C=O) groups is 1.